The zero-order valence-electron chi connectivity index (χ0n) is 12.4. The minimum atomic E-state index is -0.0697. The van der Waals surface area contributed by atoms with Crippen LogP contribution in [-0.2, 0) is 14.3 Å². The van der Waals surface area contributed by atoms with Gasteiger partial charge in [-0.3, -0.25) is 4.79 Å². The molecule has 0 spiro atoms. The molecule has 0 aliphatic heterocycles. The minimum Gasteiger partial charge on any atom is -0.484 e. The zero-order valence-corrected chi connectivity index (χ0v) is 12.4. The summed E-state index contributed by atoms with van der Waals surface area (Å²) in [5, 5.41) is 0. The van der Waals surface area contributed by atoms with E-state index in [1.165, 1.54) is 0 Å². The van der Waals surface area contributed by atoms with Crippen molar-refractivity contribution in [3.63, 3.8) is 0 Å². The van der Waals surface area contributed by atoms with Gasteiger partial charge in [0.25, 0.3) is 5.91 Å². The molecule has 5 heteroatoms. The maximum absolute atomic E-state index is 12.1. The lowest BCUT2D eigenvalue weighted by atomic mass is 10.2. The average Bonchev–Trinajstić information content (AvgIpc) is 2.46. The average molecular weight is 281 g/mol. The molecule has 0 saturated carbocycles. The van der Waals surface area contributed by atoms with Crippen LogP contribution in [-0.4, -0.2) is 57.9 Å². The van der Waals surface area contributed by atoms with Crippen molar-refractivity contribution < 1.29 is 19.0 Å². The van der Waals surface area contributed by atoms with E-state index < -0.39 is 0 Å². The number of hydrogen-bond acceptors (Lipinski definition) is 4. The predicted octanol–water partition coefficient (Wildman–Crippen LogP) is 1.50. The van der Waals surface area contributed by atoms with Gasteiger partial charge in [-0.2, -0.15) is 0 Å². The first kappa shape index (κ1) is 16.5. The zero-order chi connectivity index (χ0) is 14.8. The fourth-order valence-corrected chi connectivity index (χ4v) is 1.64. The lowest BCUT2D eigenvalue weighted by Gasteiger charge is -2.22. The Kier molecular flexibility index (Phi) is 7.69. The quantitative estimate of drug-likeness (QED) is 0.688. The smallest absolute Gasteiger partial charge is 0.260 e. The van der Waals surface area contributed by atoms with E-state index in [1.807, 2.05) is 31.2 Å². The third-order valence-corrected chi connectivity index (χ3v) is 2.87. The number of aryl methyl sites for hydroxylation is 1. The summed E-state index contributed by atoms with van der Waals surface area (Å²) in [6, 6.07) is 7.62. The highest BCUT2D eigenvalue weighted by atomic mass is 16.5. The van der Waals surface area contributed by atoms with E-state index in [1.54, 1.807) is 19.1 Å². The Morgan fingerprint density at radius 1 is 1.05 bits per heavy atom. The Balaban J connectivity index is 2.45. The summed E-state index contributed by atoms with van der Waals surface area (Å²) >= 11 is 0. The van der Waals surface area contributed by atoms with Gasteiger partial charge >= 0.3 is 0 Å². The molecule has 0 aromatic heterocycles. The molecule has 0 atom stereocenters. The second kappa shape index (κ2) is 9.34. The van der Waals surface area contributed by atoms with Gasteiger partial charge in [0.1, 0.15) is 5.75 Å². The van der Waals surface area contributed by atoms with Crippen LogP contribution in [0.5, 0.6) is 5.75 Å². The molecule has 0 aliphatic rings. The van der Waals surface area contributed by atoms with Gasteiger partial charge in [0.15, 0.2) is 6.61 Å². The topological polar surface area (TPSA) is 48.0 Å². The highest BCUT2D eigenvalue weighted by Gasteiger charge is 2.13. The van der Waals surface area contributed by atoms with Crippen molar-refractivity contribution >= 4 is 5.91 Å². The number of benzene rings is 1. The van der Waals surface area contributed by atoms with Gasteiger partial charge in [0.05, 0.1) is 13.2 Å². The number of ether oxygens (including phenoxy) is 3. The van der Waals surface area contributed by atoms with Crippen LogP contribution >= 0.6 is 0 Å². The van der Waals surface area contributed by atoms with Crippen LogP contribution in [0.4, 0.5) is 0 Å². The molecule has 112 valence electrons. The normalized spacial score (nSPS) is 10.3. The number of carbonyl (C=O) groups excluding carboxylic acids is 1. The number of nitrogens with zero attached hydrogens (tertiary/aromatic N) is 1. The van der Waals surface area contributed by atoms with Gasteiger partial charge in [0, 0.05) is 27.3 Å². The summed E-state index contributed by atoms with van der Waals surface area (Å²) in [5.74, 6) is 0.627. The van der Waals surface area contributed by atoms with Crippen molar-refractivity contribution in [3.8, 4) is 5.75 Å². The number of rotatable bonds is 9. The fraction of sp³-hybridized carbons (Fsp3) is 0.533. The fourth-order valence-electron chi connectivity index (χ4n) is 1.64. The van der Waals surface area contributed by atoms with Gasteiger partial charge in [-0.05, 0) is 19.1 Å². The van der Waals surface area contributed by atoms with Crippen molar-refractivity contribution in [1.29, 1.82) is 0 Å². The van der Waals surface area contributed by atoms with Crippen LogP contribution in [0.15, 0.2) is 24.3 Å². The number of carbonyl (C=O) groups is 1. The SMILES string of the molecule is COCCN(CCOC)C(=O)COc1ccc(C)cc1. The summed E-state index contributed by atoms with van der Waals surface area (Å²) in [7, 11) is 3.23. The van der Waals surface area contributed by atoms with Crippen LogP contribution in [0.1, 0.15) is 5.56 Å². The monoisotopic (exact) mass is 281 g/mol. The molecule has 1 aromatic rings. The number of amides is 1. The Morgan fingerprint density at radius 3 is 2.10 bits per heavy atom. The lowest BCUT2D eigenvalue weighted by Crippen LogP contribution is -2.39. The molecule has 0 unspecified atom stereocenters. The lowest BCUT2D eigenvalue weighted by molar-refractivity contribution is -0.134. The highest BCUT2D eigenvalue weighted by Crippen LogP contribution is 2.11. The maximum Gasteiger partial charge on any atom is 0.260 e. The minimum absolute atomic E-state index is 0.0243. The summed E-state index contributed by atoms with van der Waals surface area (Å²) in [4.78, 5) is 13.8. The second-order valence-corrected chi connectivity index (χ2v) is 4.47. The van der Waals surface area contributed by atoms with Gasteiger partial charge in [-0.25, -0.2) is 0 Å². The number of methoxy groups -OCH3 is 2. The predicted molar refractivity (Wildman–Crippen MR) is 77.0 cm³/mol. The largest absolute Gasteiger partial charge is 0.484 e. The molecule has 0 aliphatic carbocycles. The standard InChI is InChI=1S/C15H23NO4/c1-13-4-6-14(7-5-13)20-12-15(17)16(8-10-18-2)9-11-19-3/h4-7H,8-12H2,1-3H3. The van der Waals surface area contributed by atoms with E-state index in [0.717, 1.165) is 5.56 Å². The molecule has 20 heavy (non-hydrogen) atoms. The van der Waals surface area contributed by atoms with Gasteiger partial charge < -0.3 is 19.1 Å². The number of hydrogen-bond donors (Lipinski definition) is 0. The van der Waals surface area contributed by atoms with Gasteiger partial charge in [0.2, 0.25) is 0 Å². The first-order chi connectivity index (χ1) is 9.67. The molecule has 1 aromatic carbocycles. The maximum atomic E-state index is 12.1. The van der Waals surface area contributed by atoms with Crippen LogP contribution in [0.25, 0.3) is 0 Å². The molecule has 0 N–H and O–H groups in total. The van der Waals surface area contributed by atoms with E-state index in [9.17, 15) is 4.79 Å². The summed E-state index contributed by atoms with van der Waals surface area (Å²) < 4.78 is 15.5. The van der Waals surface area contributed by atoms with Gasteiger partial charge in [-0.1, -0.05) is 17.7 Å². The van der Waals surface area contributed by atoms with Crippen molar-refractivity contribution in [2.24, 2.45) is 0 Å². The van der Waals surface area contributed by atoms with E-state index in [4.69, 9.17) is 14.2 Å². The summed E-state index contributed by atoms with van der Waals surface area (Å²) in [6.07, 6.45) is 0. The Bertz CT molecular complexity index is 383. The van der Waals surface area contributed by atoms with E-state index in [-0.39, 0.29) is 12.5 Å². The van der Waals surface area contributed by atoms with Crippen molar-refractivity contribution in [2.45, 2.75) is 6.92 Å². The molecule has 0 fully saturated rings. The van der Waals surface area contributed by atoms with Crippen molar-refractivity contribution in [3.05, 3.63) is 29.8 Å². The molecule has 0 bridgehead atoms. The van der Waals surface area contributed by atoms with Crippen LogP contribution in [0, 0.1) is 6.92 Å². The summed E-state index contributed by atoms with van der Waals surface area (Å²) in [5.41, 5.74) is 1.16. The van der Waals surface area contributed by atoms with Crippen molar-refractivity contribution in [2.75, 3.05) is 47.1 Å². The molecule has 5 nitrogen and oxygen atoms in total. The van der Waals surface area contributed by atoms with Crippen molar-refractivity contribution in [1.82, 2.24) is 4.90 Å². The Labute approximate surface area is 120 Å². The highest BCUT2D eigenvalue weighted by molar-refractivity contribution is 5.77. The third kappa shape index (κ3) is 6.04. The first-order valence-corrected chi connectivity index (χ1v) is 6.62. The van der Waals surface area contributed by atoms with E-state index in [2.05, 4.69) is 0 Å². The second-order valence-electron chi connectivity index (χ2n) is 4.47. The van der Waals surface area contributed by atoms with Gasteiger partial charge in [-0.15, -0.1) is 0 Å². The Hall–Kier alpha value is -1.59. The molecular weight excluding hydrogens is 258 g/mol. The molecular formula is C15H23NO4. The van der Waals surface area contributed by atoms with Crippen LogP contribution < -0.4 is 4.74 Å². The van der Waals surface area contributed by atoms with Crippen LogP contribution in [0.3, 0.4) is 0 Å². The summed E-state index contributed by atoms with van der Waals surface area (Å²) in [6.45, 7) is 4.11. The van der Waals surface area contributed by atoms with Crippen LogP contribution in [0.2, 0.25) is 0 Å². The Morgan fingerprint density at radius 2 is 1.60 bits per heavy atom. The molecule has 1 rings (SSSR count). The molecule has 1 amide bonds. The molecule has 0 heterocycles. The third-order valence-electron chi connectivity index (χ3n) is 2.87. The first-order valence-electron chi connectivity index (χ1n) is 6.62. The molecule has 0 radical (unpaired) electrons. The van der Waals surface area contributed by atoms with E-state index in [0.29, 0.717) is 32.1 Å². The molecule has 0 saturated heterocycles. The van der Waals surface area contributed by atoms with E-state index >= 15 is 0 Å².